The number of hydrogen-bond donors (Lipinski definition) is 7. The molecule has 2 aliphatic rings. The van der Waals surface area contributed by atoms with Gasteiger partial charge in [-0.3, -0.25) is 5.32 Å². The Bertz CT molecular complexity index is 374. The maximum absolute atomic E-state index is 10.1. The van der Waals surface area contributed by atoms with Crippen molar-refractivity contribution in [3.63, 3.8) is 0 Å². The Labute approximate surface area is 129 Å². The van der Waals surface area contributed by atoms with Gasteiger partial charge in [-0.25, -0.2) is 0 Å². The van der Waals surface area contributed by atoms with Crippen LogP contribution in [0.2, 0.25) is 0 Å². The third-order valence-corrected chi connectivity index (χ3v) is 4.24. The monoisotopic (exact) mass is 321 g/mol. The molecule has 0 bridgehead atoms. The van der Waals surface area contributed by atoms with Crippen molar-refractivity contribution in [3.05, 3.63) is 0 Å². The van der Waals surface area contributed by atoms with Gasteiger partial charge < -0.3 is 41.4 Å². The lowest BCUT2D eigenvalue weighted by Crippen LogP contribution is -2.66. The first kappa shape index (κ1) is 18.0. The SMILES string of the molecule is CC(C)C1OC(OC2C(N)CC(N)C(O)C2O)[C@H](O)N[C@@H]1O. The summed E-state index contributed by atoms with van der Waals surface area (Å²) in [6.07, 6.45) is -7.12. The van der Waals surface area contributed by atoms with Gasteiger partial charge in [0.2, 0.25) is 0 Å². The van der Waals surface area contributed by atoms with Crippen LogP contribution in [0.15, 0.2) is 0 Å². The highest BCUT2D eigenvalue weighted by Gasteiger charge is 2.45. The van der Waals surface area contributed by atoms with Crippen LogP contribution in [0.4, 0.5) is 0 Å². The fourth-order valence-electron chi connectivity index (χ4n) is 2.91. The van der Waals surface area contributed by atoms with E-state index in [2.05, 4.69) is 5.32 Å². The first-order valence-corrected chi connectivity index (χ1v) is 7.52. The lowest BCUT2D eigenvalue weighted by molar-refractivity contribution is -0.312. The number of aliphatic hydroxyl groups is 4. The Hall–Kier alpha value is -0.360. The highest BCUT2D eigenvalue weighted by Crippen LogP contribution is 2.26. The molecule has 1 aliphatic carbocycles. The summed E-state index contributed by atoms with van der Waals surface area (Å²) < 4.78 is 11.1. The van der Waals surface area contributed by atoms with Gasteiger partial charge in [0.15, 0.2) is 12.5 Å². The zero-order valence-corrected chi connectivity index (χ0v) is 12.7. The predicted molar refractivity (Wildman–Crippen MR) is 76.1 cm³/mol. The van der Waals surface area contributed by atoms with Crippen molar-refractivity contribution in [1.29, 1.82) is 0 Å². The van der Waals surface area contributed by atoms with Crippen LogP contribution in [0.25, 0.3) is 0 Å². The third-order valence-electron chi connectivity index (χ3n) is 4.24. The van der Waals surface area contributed by atoms with E-state index in [1.54, 1.807) is 0 Å². The van der Waals surface area contributed by atoms with Gasteiger partial charge in [-0.15, -0.1) is 0 Å². The van der Waals surface area contributed by atoms with Gasteiger partial charge >= 0.3 is 0 Å². The average Bonchev–Trinajstić information content (AvgIpc) is 2.42. The van der Waals surface area contributed by atoms with Crippen molar-refractivity contribution in [1.82, 2.24) is 5.32 Å². The molecule has 1 saturated carbocycles. The van der Waals surface area contributed by atoms with Gasteiger partial charge in [-0.2, -0.15) is 0 Å². The molecular formula is C13H27N3O6. The lowest BCUT2D eigenvalue weighted by Gasteiger charge is -2.45. The van der Waals surface area contributed by atoms with E-state index in [1.807, 2.05) is 13.8 Å². The zero-order chi connectivity index (χ0) is 16.6. The molecule has 9 atom stereocenters. The smallest absolute Gasteiger partial charge is 0.198 e. The van der Waals surface area contributed by atoms with Gasteiger partial charge in [0.25, 0.3) is 0 Å². The molecule has 1 aliphatic heterocycles. The highest BCUT2D eigenvalue weighted by molar-refractivity contribution is 4.98. The number of nitrogens with one attached hydrogen (secondary N) is 1. The topological polar surface area (TPSA) is 163 Å². The van der Waals surface area contributed by atoms with Gasteiger partial charge in [0.05, 0.1) is 6.10 Å². The highest BCUT2D eigenvalue weighted by atomic mass is 16.7. The van der Waals surface area contributed by atoms with Gasteiger partial charge in [-0.1, -0.05) is 13.8 Å². The van der Waals surface area contributed by atoms with Crippen LogP contribution in [0.1, 0.15) is 20.3 Å². The first-order chi connectivity index (χ1) is 10.2. The van der Waals surface area contributed by atoms with E-state index in [-0.39, 0.29) is 12.3 Å². The summed E-state index contributed by atoms with van der Waals surface area (Å²) in [5.74, 6) is -0.0231. The molecule has 2 fully saturated rings. The minimum Gasteiger partial charge on any atom is -0.389 e. The molecule has 0 aromatic heterocycles. The second kappa shape index (κ2) is 7.04. The maximum Gasteiger partial charge on any atom is 0.198 e. The summed E-state index contributed by atoms with van der Waals surface area (Å²) in [7, 11) is 0. The average molecular weight is 321 g/mol. The molecule has 0 spiro atoms. The Morgan fingerprint density at radius 2 is 1.68 bits per heavy atom. The van der Waals surface area contributed by atoms with E-state index in [1.165, 1.54) is 0 Å². The molecule has 9 heteroatoms. The number of aliphatic hydroxyl groups excluding tert-OH is 4. The maximum atomic E-state index is 10.1. The molecule has 130 valence electrons. The third kappa shape index (κ3) is 3.58. The van der Waals surface area contributed by atoms with E-state index in [4.69, 9.17) is 20.9 Å². The van der Waals surface area contributed by atoms with Crippen LogP contribution < -0.4 is 16.8 Å². The minimum absolute atomic E-state index is 0.0231. The molecule has 0 radical (unpaired) electrons. The van der Waals surface area contributed by atoms with Crippen LogP contribution in [-0.4, -0.2) is 75.7 Å². The van der Waals surface area contributed by atoms with Gasteiger partial charge in [-0.05, 0) is 12.3 Å². The number of ether oxygens (including phenoxy) is 2. The summed E-state index contributed by atoms with van der Waals surface area (Å²) in [5, 5.41) is 42.2. The standard InChI is InChI=1S/C13H27N3O6/c1-4(2)9-11(19)16-12(20)13(21-9)22-10-6(15)3-5(14)7(17)8(10)18/h4-13,16-20H,3,14-15H2,1-2H3/t5?,6?,7?,8?,9?,10?,11-,12+,13?/m1/s1. The first-order valence-electron chi connectivity index (χ1n) is 7.52. The van der Waals surface area contributed by atoms with Crippen LogP contribution in [0.5, 0.6) is 0 Å². The fourth-order valence-corrected chi connectivity index (χ4v) is 2.91. The molecule has 0 amide bonds. The summed E-state index contributed by atoms with van der Waals surface area (Å²) in [5.41, 5.74) is 11.6. The van der Waals surface area contributed by atoms with Crippen molar-refractivity contribution in [2.24, 2.45) is 17.4 Å². The fraction of sp³-hybridized carbons (Fsp3) is 1.00. The number of rotatable bonds is 3. The molecule has 2 rings (SSSR count). The van der Waals surface area contributed by atoms with E-state index in [0.717, 1.165) is 0 Å². The minimum atomic E-state index is -1.28. The van der Waals surface area contributed by atoms with Crippen molar-refractivity contribution in [2.45, 2.75) is 75.5 Å². The van der Waals surface area contributed by atoms with E-state index >= 15 is 0 Å². The molecule has 0 aromatic carbocycles. The normalized spacial score (nSPS) is 50.3. The molecule has 9 nitrogen and oxygen atoms in total. The van der Waals surface area contributed by atoms with Crippen molar-refractivity contribution in [3.8, 4) is 0 Å². The molecule has 9 N–H and O–H groups in total. The van der Waals surface area contributed by atoms with Crippen LogP contribution in [-0.2, 0) is 9.47 Å². The molecule has 1 saturated heterocycles. The Morgan fingerprint density at radius 1 is 1.05 bits per heavy atom. The van der Waals surface area contributed by atoms with Crippen molar-refractivity contribution < 1.29 is 29.9 Å². The zero-order valence-electron chi connectivity index (χ0n) is 12.7. The lowest BCUT2D eigenvalue weighted by atomic mass is 9.85. The summed E-state index contributed by atoms with van der Waals surface area (Å²) in [6, 6.07) is -1.24. The second-order valence-corrected chi connectivity index (χ2v) is 6.41. The van der Waals surface area contributed by atoms with Crippen LogP contribution in [0, 0.1) is 5.92 Å². The van der Waals surface area contributed by atoms with Crippen molar-refractivity contribution in [2.75, 3.05) is 0 Å². The Balaban J connectivity index is 2.05. The van der Waals surface area contributed by atoms with Crippen LogP contribution >= 0.6 is 0 Å². The summed E-state index contributed by atoms with van der Waals surface area (Å²) >= 11 is 0. The van der Waals surface area contributed by atoms with E-state index in [9.17, 15) is 20.4 Å². The summed E-state index contributed by atoms with van der Waals surface area (Å²) in [6.45, 7) is 3.71. The Morgan fingerprint density at radius 3 is 2.27 bits per heavy atom. The molecule has 0 aromatic rings. The second-order valence-electron chi connectivity index (χ2n) is 6.41. The van der Waals surface area contributed by atoms with E-state index < -0.39 is 55.2 Å². The number of nitrogens with two attached hydrogens (primary N) is 2. The predicted octanol–water partition coefficient (Wildman–Crippen LogP) is -3.24. The quantitative estimate of drug-likeness (QED) is 0.283. The van der Waals surface area contributed by atoms with Gasteiger partial charge in [0, 0.05) is 12.1 Å². The van der Waals surface area contributed by atoms with Crippen molar-refractivity contribution >= 4 is 0 Å². The molecule has 22 heavy (non-hydrogen) atoms. The molecular weight excluding hydrogens is 294 g/mol. The van der Waals surface area contributed by atoms with E-state index in [0.29, 0.717) is 0 Å². The van der Waals surface area contributed by atoms with Gasteiger partial charge in [0.1, 0.15) is 24.5 Å². The number of hydrogen-bond acceptors (Lipinski definition) is 9. The molecule has 7 unspecified atom stereocenters. The largest absolute Gasteiger partial charge is 0.389 e. The Kier molecular flexibility index (Phi) is 5.75. The van der Waals surface area contributed by atoms with Crippen LogP contribution in [0.3, 0.4) is 0 Å². The summed E-state index contributed by atoms with van der Waals surface area (Å²) in [4.78, 5) is 0. The number of morpholine rings is 1. The molecule has 1 heterocycles.